The van der Waals surface area contributed by atoms with Crippen LogP contribution in [0.25, 0.3) is 0 Å². The van der Waals surface area contributed by atoms with Gasteiger partial charge in [0.2, 0.25) is 0 Å². The van der Waals surface area contributed by atoms with E-state index in [1.54, 1.807) is 6.34 Å². The number of nitrogens with zero attached hydrogens (tertiary/aromatic N) is 4. The molecule has 4 rings (SSSR count). The van der Waals surface area contributed by atoms with Crippen LogP contribution in [0.5, 0.6) is 0 Å². The number of ether oxygens (including phenoxy) is 2. The molecule has 0 aromatic heterocycles. The van der Waals surface area contributed by atoms with Crippen LogP contribution in [0.4, 0.5) is 0 Å². The highest BCUT2D eigenvalue weighted by atomic mass is 32.2. The van der Waals surface area contributed by atoms with Gasteiger partial charge in [-0.05, 0) is 58.8 Å². The van der Waals surface area contributed by atoms with Crippen LogP contribution in [0.15, 0.2) is 22.1 Å². The van der Waals surface area contributed by atoms with Crippen molar-refractivity contribution in [2.45, 2.75) is 75.9 Å². The highest BCUT2D eigenvalue weighted by Crippen LogP contribution is 2.28. The van der Waals surface area contributed by atoms with Gasteiger partial charge in [0.1, 0.15) is 17.8 Å². The summed E-state index contributed by atoms with van der Waals surface area (Å²) in [6, 6.07) is 0.168. The fourth-order valence-electron chi connectivity index (χ4n) is 5.43. The first-order valence-electron chi connectivity index (χ1n) is 13.1. The fraction of sp³-hybridized carbons (Fsp3) is 0.840. The molecule has 4 aliphatic rings. The molecule has 0 aromatic rings. The smallest absolute Gasteiger partial charge is 0.143 e. The number of allylic oxidation sites excluding steroid dienone is 1. The van der Waals surface area contributed by atoms with Gasteiger partial charge in [-0.25, -0.2) is 13.9 Å². The minimum atomic E-state index is -1.15. The van der Waals surface area contributed by atoms with Gasteiger partial charge in [-0.2, -0.15) is 0 Å². The number of piperazine rings is 1. The Morgan fingerprint density at radius 2 is 2.06 bits per heavy atom. The van der Waals surface area contributed by atoms with E-state index in [2.05, 4.69) is 38.6 Å². The quantitative estimate of drug-likeness (QED) is 0.551. The summed E-state index contributed by atoms with van der Waals surface area (Å²) in [7, 11) is -1.15. The van der Waals surface area contributed by atoms with Gasteiger partial charge in [0.25, 0.3) is 0 Å². The van der Waals surface area contributed by atoms with Crippen LogP contribution in [0, 0.1) is 5.92 Å². The summed E-state index contributed by atoms with van der Waals surface area (Å²) < 4.78 is 28.5. The molecule has 0 bridgehead atoms. The molecule has 9 heteroatoms. The van der Waals surface area contributed by atoms with Crippen LogP contribution in [0.2, 0.25) is 0 Å². The highest BCUT2D eigenvalue weighted by molar-refractivity contribution is 7.83. The first-order chi connectivity index (χ1) is 16.4. The van der Waals surface area contributed by atoms with Crippen LogP contribution in [-0.4, -0.2) is 102 Å². The molecule has 0 amide bonds. The van der Waals surface area contributed by atoms with Crippen molar-refractivity contribution in [3.8, 4) is 0 Å². The van der Waals surface area contributed by atoms with Gasteiger partial charge >= 0.3 is 0 Å². The summed E-state index contributed by atoms with van der Waals surface area (Å²) in [6.45, 7) is 13.6. The Kier molecular flexibility index (Phi) is 9.32. The van der Waals surface area contributed by atoms with Crippen molar-refractivity contribution in [2.75, 3.05) is 52.5 Å². The lowest BCUT2D eigenvalue weighted by molar-refractivity contribution is -0.0236. The zero-order valence-electron chi connectivity index (χ0n) is 21.2. The summed E-state index contributed by atoms with van der Waals surface area (Å²) in [6.07, 6.45) is 11.1. The summed E-state index contributed by atoms with van der Waals surface area (Å²) in [5, 5.41) is -0.0724. The summed E-state index contributed by atoms with van der Waals surface area (Å²) in [4.78, 5) is 14.2. The molecule has 192 valence electrons. The summed E-state index contributed by atoms with van der Waals surface area (Å²) in [5.74, 6) is 1.71. The number of nitrogens with one attached hydrogen (secondary N) is 1. The summed E-state index contributed by atoms with van der Waals surface area (Å²) in [5.41, 5.74) is -0.623. The van der Waals surface area contributed by atoms with E-state index in [0.29, 0.717) is 6.54 Å². The minimum absolute atomic E-state index is 0.0724. The SMILES string of the molecule is CC(C)NS(=O)C1CCC=CC1OC1(C)CN=CN=C1N1CCN(CC2CCCOCC2)CC1. The molecular formula is C25H43N5O3S. The Hall–Kier alpha value is -1.13. The standard InChI is InChI=1S/C25H43N5O3S/c1-20(2)28-34(31)23-9-5-4-8-22(23)33-25(3)18-26-19-27-24(25)30-13-11-29(12-14-30)17-21-7-6-15-32-16-10-21/h4,8,19-23,28H,5-7,9-18H2,1-3H3. The molecule has 0 spiro atoms. The second-order valence-corrected chi connectivity index (χ2v) is 12.0. The highest BCUT2D eigenvalue weighted by Gasteiger charge is 2.42. The lowest BCUT2D eigenvalue weighted by Gasteiger charge is -2.44. The first kappa shape index (κ1) is 25.9. The van der Waals surface area contributed by atoms with Gasteiger partial charge < -0.3 is 14.4 Å². The number of aliphatic imine (C=N–C) groups is 2. The van der Waals surface area contributed by atoms with Gasteiger partial charge in [0, 0.05) is 52.0 Å². The van der Waals surface area contributed by atoms with Crippen LogP contribution in [0.1, 0.15) is 52.9 Å². The van der Waals surface area contributed by atoms with Crippen molar-refractivity contribution >= 4 is 23.2 Å². The Morgan fingerprint density at radius 1 is 1.24 bits per heavy atom. The van der Waals surface area contributed by atoms with E-state index in [4.69, 9.17) is 14.5 Å². The van der Waals surface area contributed by atoms with E-state index in [0.717, 1.165) is 64.0 Å². The third kappa shape index (κ3) is 6.75. The van der Waals surface area contributed by atoms with E-state index >= 15 is 0 Å². The monoisotopic (exact) mass is 493 g/mol. The van der Waals surface area contributed by atoms with E-state index in [9.17, 15) is 4.21 Å². The number of hydrogen-bond acceptors (Lipinski definition) is 7. The summed E-state index contributed by atoms with van der Waals surface area (Å²) >= 11 is 0. The molecule has 3 heterocycles. The van der Waals surface area contributed by atoms with Gasteiger partial charge in [-0.1, -0.05) is 12.2 Å². The molecule has 0 aromatic carbocycles. The van der Waals surface area contributed by atoms with Crippen LogP contribution >= 0.6 is 0 Å². The fourth-order valence-corrected chi connectivity index (χ4v) is 6.81. The molecular weight excluding hydrogens is 450 g/mol. The minimum Gasteiger partial charge on any atom is -0.381 e. The molecule has 8 nitrogen and oxygen atoms in total. The van der Waals surface area contributed by atoms with Crippen molar-refractivity contribution in [2.24, 2.45) is 15.9 Å². The zero-order valence-corrected chi connectivity index (χ0v) is 22.0. The predicted octanol–water partition coefficient (Wildman–Crippen LogP) is 2.39. The van der Waals surface area contributed by atoms with Crippen LogP contribution < -0.4 is 4.72 Å². The Balaban J connectivity index is 1.37. The van der Waals surface area contributed by atoms with Gasteiger partial charge in [0.05, 0.1) is 28.9 Å². The normalized spacial score (nSPS) is 34.2. The molecule has 5 atom stereocenters. The molecule has 1 N–H and O–H groups in total. The topological polar surface area (TPSA) is 78.8 Å². The maximum Gasteiger partial charge on any atom is 0.143 e. The molecule has 0 radical (unpaired) electrons. The largest absolute Gasteiger partial charge is 0.381 e. The van der Waals surface area contributed by atoms with Gasteiger partial charge in [-0.15, -0.1) is 0 Å². The Labute approximate surface area is 207 Å². The van der Waals surface area contributed by atoms with Crippen molar-refractivity contribution in [3.05, 3.63) is 12.2 Å². The average molecular weight is 494 g/mol. The zero-order chi connectivity index (χ0) is 24.0. The van der Waals surface area contributed by atoms with Crippen molar-refractivity contribution < 1.29 is 13.7 Å². The lowest BCUT2D eigenvalue weighted by Crippen LogP contribution is -2.59. The molecule has 1 aliphatic carbocycles. The number of amidine groups is 1. The maximum absolute atomic E-state index is 13.0. The van der Waals surface area contributed by atoms with E-state index < -0.39 is 16.6 Å². The van der Waals surface area contributed by atoms with Crippen LogP contribution in [-0.2, 0) is 20.5 Å². The second kappa shape index (κ2) is 12.2. The van der Waals surface area contributed by atoms with Gasteiger partial charge in [0.15, 0.2) is 0 Å². The Morgan fingerprint density at radius 3 is 2.85 bits per heavy atom. The van der Waals surface area contributed by atoms with E-state index in [1.165, 1.54) is 25.8 Å². The molecule has 2 saturated heterocycles. The first-order valence-corrected chi connectivity index (χ1v) is 14.3. The average Bonchev–Trinajstić information content (AvgIpc) is 3.08. The van der Waals surface area contributed by atoms with Crippen molar-refractivity contribution in [1.82, 2.24) is 14.5 Å². The third-order valence-electron chi connectivity index (χ3n) is 7.22. The number of hydrogen-bond donors (Lipinski definition) is 1. The van der Waals surface area contributed by atoms with Crippen LogP contribution in [0.3, 0.4) is 0 Å². The molecule has 5 unspecified atom stereocenters. The number of rotatable bonds is 7. The third-order valence-corrected chi connectivity index (χ3v) is 8.98. The molecule has 3 aliphatic heterocycles. The second-order valence-electron chi connectivity index (χ2n) is 10.5. The van der Waals surface area contributed by atoms with Crippen molar-refractivity contribution in [3.63, 3.8) is 0 Å². The van der Waals surface area contributed by atoms with Gasteiger partial charge in [-0.3, -0.25) is 9.89 Å². The van der Waals surface area contributed by atoms with E-state index in [1.807, 2.05) is 13.8 Å². The Bertz CT molecular complexity index is 773. The molecule has 0 saturated carbocycles. The predicted molar refractivity (Wildman–Crippen MR) is 139 cm³/mol. The maximum atomic E-state index is 13.0. The molecule has 34 heavy (non-hydrogen) atoms. The molecule has 2 fully saturated rings. The van der Waals surface area contributed by atoms with Crippen molar-refractivity contribution in [1.29, 1.82) is 0 Å². The lowest BCUT2D eigenvalue weighted by atomic mass is 9.98. The van der Waals surface area contributed by atoms with E-state index in [-0.39, 0.29) is 17.4 Å².